The molecule has 0 aliphatic rings. The van der Waals surface area contributed by atoms with E-state index >= 15 is 0 Å². The van der Waals surface area contributed by atoms with Crippen LogP contribution in [0.4, 0.5) is 0 Å². The van der Waals surface area contributed by atoms with Crippen molar-refractivity contribution in [3.05, 3.63) is 0 Å². The highest BCUT2D eigenvalue weighted by Gasteiger charge is 2.31. The molecule has 0 aromatic carbocycles. The van der Waals surface area contributed by atoms with Crippen LogP contribution in [0.1, 0.15) is 125 Å². The summed E-state index contributed by atoms with van der Waals surface area (Å²) in [5.74, 6) is 2.40. The Morgan fingerprint density at radius 3 is 1.70 bits per heavy atom. The predicted octanol–water partition coefficient (Wildman–Crippen LogP) is 7.30. The van der Waals surface area contributed by atoms with Gasteiger partial charge in [0.25, 0.3) is 0 Å². The molecule has 2 heteroatoms. The Morgan fingerprint density at radius 1 is 0.593 bits per heavy atom. The molecule has 0 aliphatic heterocycles. The van der Waals surface area contributed by atoms with Crippen molar-refractivity contribution < 1.29 is 0 Å². The fraction of sp³-hybridized carbons (Fsp3) is 1.00. The van der Waals surface area contributed by atoms with Crippen LogP contribution in [0.2, 0.25) is 0 Å². The summed E-state index contributed by atoms with van der Waals surface area (Å²) in [4.78, 5) is 0. The molecule has 0 radical (unpaired) electrons. The molecular formula is C25H54N2. The van der Waals surface area contributed by atoms with Crippen molar-refractivity contribution in [2.24, 2.45) is 34.6 Å². The fourth-order valence-corrected chi connectivity index (χ4v) is 4.96. The van der Waals surface area contributed by atoms with Crippen molar-refractivity contribution in [3.63, 3.8) is 0 Å². The quantitative estimate of drug-likeness (QED) is 0.244. The van der Waals surface area contributed by atoms with Crippen molar-refractivity contribution in [2.45, 2.75) is 125 Å². The number of nitrogens with two attached hydrogens (primary N) is 2. The highest BCUT2D eigenvalue weighted by atomic mass is 14.5. The molecule has 0 saturated carbocycles. The number of unbranched alkanes of at least 4 members (excludes halogenated alkanes) is 6. The van der Waals surface area contributed by atoms with Gasteiger partial charge in [-0.05, 0) is 61.9 Å². The maximum absolute atomic E-state index is 6.00. The molecule has 0 bridgehead atoms. The fourth-order valence-electron chi connectivity index (χ4n) is 4.96. The van der Waals surface area contributed by atoms with Crippen molar-refractivity contribution in [3.8, 4) is 0 Å². The largest absolute Gasteiger partial charge is 0.330 e. The molecular weight excluding hydrogens is 328 g/mol. The topological polar surface area (TPSA) is 52.0 Å². The lowest BCUT2D eigenvalue weighted by Crippen LogP contribution is -2.30. The van der Waals surface area contributed by atoms with Crippen LogP contribution in [0.15, 0.2) is 0 Å². The van der Waals surface area contributed by atoms with Gasteiger partial charge < -0.3 is 11.5 Å². The average Bonchev–Trinajstić information content (AvgIpc) is 2.61. The molecule has 0 heterocycles. The van der Waals surface area contributed by atoms with Gasteiger partial charge >= 0.3 is 0 Å². The molecule has 0 rings (SSSR count). The van der Waals surface area contributed by atoms with Gasteiger partial charge in [0, 0.05) is 0 Å². The third-order valence-electron chi connectivity index (χ3n) is 6.56. The van der Waals surface area contributed by atoms with E-state index in [1.165, 1.54) is 89.9 Å². The third kappa shape index (κ3) is 13.7. The van der Waals surface area contributed by atoms with Gasteiger partial charge in [0.15, 0.2) is 0 Å². The molecule has 0 fully saturated rings. The molecule has 27 heavy (non-hydrogen) atoms. The molecule has 164 valence electrons. The van der Waals surface area contributed by atoms with Gasteiger partial charge in [-0.3, -0.25) is 0 Å². The van der Waals surface area contributed by atoms with Gasteiger partial charge in [-0.2, -0.15) is 0 Å². The Labute approximate surface area is 172 Å². The molecule has 0 aliphatic carbocycles. The molecule has 4 N–H and O–H groups in total. The Morgan fingerprint density at radius 2 is 1.19 bits per heavy atom. The van der Waals surface area contributed by atoms with Crippen molar-refractivity contribution in [2.75, 3.05) is 13.1 Å². The standard InChI is InChI=1S/C25H54N2/c1-6-8-9-10-11-12-13-15-22(18-20-26)16-17-23(19-21-27)24(14-7-2)25(3,4)5/h22-24H,6-21,26-27H2,1-5H3. The molecule has 0 spiro atoms. The summed E-state index contributed by atoms with van der Waals surface area (Å²) in [5, 5.41) is 0. The van der Waals surface area contributed by atoms with Gasteiger partial charge in [0.1, 0.15) is 0 Å². The minimum absolute atomic E-state index is 0.387. The van der Waals surface area contributed by atoms with Crippen molar-refractivity contribution in [1.29, 1.82) is 0 Å². The Balaban J connectivity index is 4.45. The van der Waals surface area contributed by atoms with E-state index in [0.717, 1.165) is 30.8 Å². The van der Waals surface area contributed by atoms with E-state index in [9.17, 15) is 0 Å². The minimum Gasteiger partial charge on any atom is -0.330 e. The van der Waals surface area contributed by atoms with Gasteiger partial charge in [-0.1, -0.05) is 98.8 Å². The Bertz CT molecular complexity index is 308. The Hall–Kier alpha value is -0.0800. The van der Waals surface area contributed by atoms with Gasteiger partial charge in [0.05, 0.1) is 0 Å². The monoisotopic (exact) mass is 382 g/mol. The Kier molecular flexibility index (Phi) is 16.8. The normalized spacial score (nSPS) is 15.7. The number of hydrogen-bond donors (Lipinski definition) is 2. The third-order valence-corrected chi connectivity index (χ3v) is 6.56. The maximum Gasteiger partial charge on any atom is -0.00745 e. The van der Waals surface area contributed by atoms with E-state index in [4.69, 9.17) is 11.5 Å². The van der Waals surface area contributed by atoms with E-state index in [1.54, 1.807) is 0 Å². The molecule has 3 unspecified atom stereocenters. The molecule has 0 aromatic heterocycles. The zero-order chi connectivity index (χ0) is 20.5. The zero-order valence-corrected chi connectivity index (χ0v) is 19.7. The maximum atomic E-state index is 6.00. The van der Waals surface area contributed by atoms with Gasteiger partial charge in [-0.25, -0.2) is 0 Å². The summed E-state index contributed by atoms with van der Waals surface area (Å²) in [7, 11) is 0. The van der Waals surface area contributed by atoms with Crippen LogP contribution < -0.4 is 11.5 Å². The van der Waals surface area contributed by atoms with Crippen LogP contribution >= 0.6 is 0 Å². The van der Waals surface area contributed by atoms with Crippen LogP contribution in [-0.4, -0.2) is 13.1 Å². The lowest BCUT2D eigenvalue weighted by molar-refractivity contribution is 0.124. The predicted molar refractivity (Wildman–Crippen MR) is 124 cm³/mol. The van der Waals surface area contributed by atoms with Crippen LogP contribution in [0, 0.1) is 23.2 Å². The van der Waals surface area contributed by atoms with Gasteiger partial charge in [0.2, 0.25) is 0 Å². The summed E-state index contributed by atoms with van der Waals surface area (Å²) >= 11 is 0. The van der Waals surface area contributed by atoms with Crippen LogP contribution in [0.25, 0.3) is 0 Å². The zero-order valence-electron chi connectivity index (χ0n) is 19.7. The summed E-state index contributed by atoms with van der Waals surface area (Å²) < 4.78 is 0. The van der Waals surface area contributed by atoms with E-state index < -0.39 is 0 Å². The summed E-state index contributed by atoms with van der Waals surface area (Å²) in [5.41, 5.74) is 12.3. The van der Waals surface area contributed by atoms with E-state index in [1.807, 2.05) is 0 Å². The summed E-state index contributed by atoms with van der Waals surface area (Å²) in [6, 6.07) is 0. The molecule has 3 atom stereocenters. The van der Waals surface area contributed by atoms with E-state index in [0.29, 0.717) is 5.41 Å². The summed E-state index contributed by atoms with van der Waals surface area (Å²) in [6.07, 6.45) is 19.0. The van der Waals surface area contributed by atoms with Crippen LogP contribution in [-0.2, 0) is 0 Å². The van der Waals surface area contributed by atoms with Crippen LogP contribution in [0.3, 0.4) is 0 Å². The molecule has 2 nitrogen and oxygen atoms in total. The SMILES string of the molecule is CCCCCCCCCC(CCN)CCC(CCN)C(CCC)C(C)(C)C. The number of rotatable bonds is 18. The summed E-state index contributed by atoms with van der Waals surface area (Å²) in [6.45, 7) is 13.6. The first-order chi connectivity index (χ1) is 12.9. The van der Waals surface area contributed by atoms with Crippen molar-refractivity contribution in [1.82, 2.24) is 0 Å². The van der Waals surface area contributed by atoms with E-state index in [-0.39, 0.29) is 0 Å². The first kappa shape index (κ1) is 26.9. The highest BCUT2D eigenvalue weighted by molar-refractivity contribution is 4.81. The number of hydrogen-bond acceptors (Lipinski definition) is 2. The second-order valence-electron chi connectivity index (χ2n) is 10.0. The lowest BCUT2D eigenvalue weighted by Gasteiger charge is -2.38. The molecule has 0 aromatic rings. The smallest absolute Gasteiger partial charge is 0.00745 e. The van der Waals surface area contributed by atoms with Crippen molar-refractivity contribution >= 4 is 0 Å². The average molecular weight is 383 g/mol. The second-order valence-corrected chi connectivity index (χ2v) is 10.0. The first-order valence-corrected chi connectivity index (χ1v) is 12.3. The van der Waals surface area contributed by atoms with Gasteiger partial charge in [-0.15, -0.1) is 0 Å². The van der Waals surface area contributed by atoms with E-state index in [2.05, 4.69) is 34.6 Å². The highest BCUT2D eigenvalue weighted by Crippen LogP contribution is 2.40. The second kappa shape index (κ2) is 16.8. The van der Waals surface area contributed by atoms with Crippen LogP contribution in [0.5, 0.6) is 0 Å². The first-order valence-electron chi connectivity index (χ1n) is 12.3. The minimum atomic E-state index is 0.387. The molecule has 0 amide bonds. The molecule has 0 saturated heterocycles. The lowest BCUT2D eigenvalue weighted by atomic mass is 9.68.